The Morgan fingerprint density at radius 1 is 1.17 bits per heavy atom. The van der Waals surface area contributed by atoms with Crippen LogP contribution >= 0.6 is 0 Å². The highest BCUT2D eigenvalue weighted by molar-refractivity contribution is 5.79. The monoisotopic (exact) mass is 254 g/mol. The van der Waals surface area contributed by atoms with Crippen LogP contribution in [0.2, 0.25) is 0 Å². The summed E-state index contributed by atoms with van der Waals surface area (Å²) >= 11 is 0. The highest BCUT2D eigenvalue weighted by atomic mass is 16.3. The number of aliphatic hydroxyl groups excluding tert-OH is 1. The van der Waals surface area contributed by atoms with E-state index in [4.69, 9.17) is 5.73 Å². The number of carbonyl (C=O) groups excluding carboxylic acids is 1. The van der Waals surface area contributed by atoms with Crippen molar-refractivity contribution in [2.75, 3.05) is 6.54 Å². The molecule has 4 nitrogen and oxygen atoms in total. The predicted molar refractivity (Wildman–Crippen MR) is 70.9 cm³/mol. The lowest BCUT2D eigenvalue weighted by Gasteiger charge is -2.31. The Hall–Kier alpha value is -0.610. The van der Waals surface area contributed by atoms with Crippen molar-refractivity contribution in [3.05, 3.63) is 0 Å². The van der Waals surface area contributed by atoms with Crippen molar-refractivity contribution in [2.24, 2.45) is 17.6 Å². The standard InChI is InChI=1S/C14H26N2O2/c15-9-10-2-1-3-11(8-10)14(18)16-12-4-6-13(17)7-5-12/h10-13,17H,1-9,15H2,(H,16,18). The Bertz CT molecular complexity index is 275. The van der Waals surface area contributed by atoms with Gasteiger partial charge in [-0.25, -0.2) is 0 Å². The molecule has 2 rings (SSSR count). The molecule has 4 heteroatoms. The van der Waals surface area contributed by atoms with E-state index in [1.165, 1.54) is 6.42 Å². The molecular weight excluding hydrogens is 228 g/mol. The van der Waals surface area contributed by atoms with Crippen LogP contribution in [0.15, 0.2) is 0 Å². The molecule has 2 saturated carbocycles. The average Bonchev–Trinajstić information content (AvgIpc) is 2.41. The van der Waals surface area contributed by atoms with Crippen molar-refractivity contribution in [2.45, 2.75) is 63.5 Å². The van der Waals surface area contributed by atoms with Gasteiger partial charge >= 0.3 is 0 Å². The zero-order valence-corrected chi connectivity index (χ0v) is 11.1. The Morgan fingerprint density at radius 2 is 1.89 bits per heavy atom. The minimum Gasteiger partial charge on any atom is -0.393 e. The third kappa shape index (κ3) is 3.69. The molecule has 2 unspecified atom stereocenters. The molecule has 0 radical (unpaired) electrons. The first-order valence-electron chi connectivity index (χ1n) is 7.37. The van der Waals surface area contributed by atoms with Crippen LogP contribution in [-0.4, -0.2) is 29.7 Å². The summed E-state index contributed by atoms with van der Waals surface area (Å²) in [6.07, 6.45) is 7.59. The maximum atomic E-state index is 12.2. The number of nitrogens with one attached hydrogen (secondary N) is 1. The quantitative estimate of drug-likeness (QED) is 0.707. The van der Waals surface area contributed by atoms with Crippen LogP contribution in [0.3, 0.4) is 0 Å². The molecule has 4 N–H and O–H groups in total. The predicted octanol–water partition coefficient (Wildman–Crippen LogP) is 1.17. The summed E-state index contributed by atoms with van der Waals surface area (Å²) in [5.41, 5.74) is 5.71. The van der Waals surface area contributed by atoms with Gasteiger partial charge in [0.15, 0.2) is 0 Å². The van der Waals surface area contributed by atoms with Crippen molar-refractivity contribution in [3.63, 3.8) is 0 Å². The molecule has 0 aromatic carbocycles. The summed E-state index contributed by atoms with van der Waals surface area (Å²) in [4.78, 5) is 12.2. The number of aliphatic hydroxyl groups is 1. The minimum absolute atomic E-state index is 0.158. The summed E-state index contributed by atoms with van der Waals surface area (Å²) in [7, 11) is 0. The maximum Gasteiger partial charge on any atom is 0.223 e. The van der Waals surface area contributed by atoms with Crippen LogP contribution in [0.5, 0.6) is 0 Å². The third-order valence-corrected chi connectivity index (χ3v) is 4.53. The van der Waals surface area contributed by atoms with Gasteiger partial charge in [0, 0.05) is 12.0 Å². The van der Waals surface area contributed by atoms with Crippen LogP contribution in [-0.2, 0) is 4.79 Å². The third-order valence-electron chi connectivity index (χ3n) is 4.53. The van der Waals surface area contributed by atoms with Crippen LogP contribution in [0, 0.1) is 11.8 Å². The number of carbonyl (C=O) groups is 1. The average molecular weight is 254 g/mol. The molecule has 2 fully saturated rings. The molecule has 0 heterocycles. The second-order valence-electron chi connectivity index (χ2n) is 5.98. The summed E-state index contributed by atoms with van der Waals surface area (Å²) in [6, 6.07) is 0.277. The second kappa shape index (κ2) is 6.53. The molecule has 2 atom stereocenters. The lowest BCUT2D eigenvalue weighted by molar-refractivity contribution is -0.127. The summed E-state index contributed by atoms with van der Waals surface area (Å²) in [6.45, 7) is 0.708. The van der Waals surface area contributed by atoms with Gasteiger partial charge in [-0.05, 0) is 57.4 Å². The molecule has 2 aliphatic carbocycles. The lowest BCUT2D eigenvalue weighted by atomic mass is 9.80. The van der Waals surface area contributed by atoms with E-state index >= 15 is 0 Å². The van der Waals surface area contributed by atoms with Gasteiger partial charge in [0.05, 0.1) is 6.10 Å². The SMILES string of the molecule is NCC1CCCC(C(=O)NC2CCC(O)CC2)C1. The largest absolute Gasteiger partial charge is 0.393 e. The lowest BCUT2D eigenvalue weighted by Crippen LogP contribution is -2.43. The molecule has 1 amide bonds. The molecule has 0 spiro atoms. The van der Waals surface area contributed by atoms with E-state index < -0.39 is 0 Å². The topological polar surface area (TPSA) is 75.4 Å². The van der Waals surface area contributed by atoms with Crippen LogP contribution in [0.4, 0.5) is 0 Å². The molecule has 0 aromatic rings. The Morgan fingerprint density at radius 3 is 2.56 bits per heavy atom. The van der Waals surface area contributed by atoms with E-state index in [1.807, 2.05) is 0 Å². The van der Waals surface area contributed by atoms with Gasteiger partial charge in [0.1, 0.15) is 0 Å². The van der Waals surface area contributed by atoms with E-state index in [2.05, 4.69) is 5.32 Å². The fraction of sp³-hybridized carbons (Fsp3) is 0.929. The molecule has 104 valence electrons. The smallest absolute Gasteiger partial charge is 0.223 e. The van der Waals surface area contributed by atoms with Gasteiger partial charge in [-0.3, -0.25) is 4.79 Å². The summed E-state index contributed by atoms with van der Waals surface area (Å²) in [5.74, 6) is 0.913. The number of hydrogen-bond donors (Lipinski definition) is 3. The normalized spacial score (nSPS) is 37.2. The molecule has 2 aliphatic rings. The highest BCUT2D eigenvalue weighted by Crippen LogP contribution is 2.29. The van der Waals surface area contributed by atoms with Crippen molar-refractivity contribution in [3.8, 4) is 0 Å². The van der Waals surface area contributed by atoms with Gasteiger partial charge in [-0.15, -0.1) is 0 Å². The zero-order chi connectivity index (χ0) is 13.0. The Labute approximate surface area is 109 Å². The van der Waals surface area contributed by atoms with Gasteiger partial charge in [0.25, 0.3) is 0 Å². The van der Waals surface area contributed by atoms with Crippen LogP contribution in [0.25, 0.3) is 0 Å². The van der Waals surface area contributed by atoms with Gasteiger partial charge < -0.3 is 16.2 Å². The Balaban J connectivity index is 1.77. The minimum atomic E-state index is -0.158. The van der Waals surface area contributed by atoms with Crippen molar-refractivity contribution in [1.29, 1.82) is 0 Å². The first-order valence-corrected chi connectivity index (χ1v) is 7.37. The van der Waals surface area contributed by atoms with Gasteiger partial charge in [-0.1, -0.05) is 6.42 Å². The summed E-state index contributed by atoms with van der Waals surface area (Å²) < 4.78 is 0. The number of hydrogen-bond acceptors (Lipinski definition) is 3. The maximum absolute atomic E-state index is 12.2. The molecular formula is C14H26N2O2. The van der Waals surface area contributed by atoms with Crippen LogP contribution in [0.1, 0.15) is 51.4 Å². The Kier molecular flexibility index (Phi) is 5.01. The van der Waals surface area contributed by atoms with E-state index in [0.717, 1.165) is 44.9 Å². The highest BCUT2D eigenvalue weighted by Gasteiger charge is 2.28. The summed E-state index contributed by atoms with van der Waals surface area (Å²) in [5, 5.41) is 12.6. The molecule has 0 aliphatic heterocycles. The first kappa shape index (κ1) is 13.8. The fourth-order valence-electron chi connectivity index (χ4n) is 3.28. The molecule has 0 bridgehead atoms. The van der Waals surface area contributed by atoms with Crippen molar-refractivity contribution < 1.29 is 9.90 Å². The van der Waals surface area contributed by atoms with E-state index in [-0.39, 0.29) is 24.0 Å². The first-order chi connectivity index (χ1) is 8.69. The fourth-order valence-corrected chi connectivity index (χ4v) is 3.28. The van der Waals surface area contributed by atoms with Crippen molar-refractivity contribution >= 4 is 5.91 Å². The number of amides is 1. The molecule has 0 aromatic heterocycles. The van der Waals surface area contributed by atoms with Gasteiger partial charge in [-0.2, -0.15) is 0 Å². The van der Waals surface area contributed by atoms with Crippen LogP contribution < -0.4 is 11.1 Å². The van der Waals surface area contributed by atoms with E-state index in [9.17, 15) is 9.90 Å². The molecule has 0 saturated heterocycles. The van der Waals surface area contributed by atoms with Crippen molar-refractivity contribution in [1.82, 2.24) is 5.32 Å². The second-order valence-corrected chi connectivity index (χ2v) is 5.98. The molecule has 18 heavy (non-hydrogen) atoms. The van der Waals surface area contributed by atoms with Gasteiger partial charge in [0.2, 0.25) is 5.91 Å². The van der Waals surface area contributed by atoms with E-state index in [1.54, 1.807) is 0 Å². The zero-order valence-electron chi connectivity index (χ0n) is 11.1. The number of nitrogens with two attached hydrogens (primary N) is 1. The number of rotatable bonds is 3. The van der Waals surface area contributed by atoms with E-state index in [0.29, 0.717) is 12.5 Å².